The Morgan fingerprint density at radius 1 is 1.22 bits per heavy atom. The SMILES string of the molecule is CN(Cc1ncc[nH]1)Cc1nccn1CC(=O)N1CCC2(CCNCC2)C1. The maximum Gasteiger partial charge on any atom is 0.242 e. The summed E-state index contributed by atoms with van der Waals surface area (Å²) in [5.41, 5.74) is 0.349. The molecule has 146 valence electrons. The minimum atomic E-state index is 0.207. The summed E-state index contributed by atoms with van der Waals surface area (Å²) in [5, 5.41) is 3.43. The van der Waals surface area contributed by atoms with Crippen LogP contribution in [-0.2, 0) is 24.4 Å². The van der Waals surface area contributed by atoms with Gasteiger partial charge in [0.1, 0.15) is 18.2 Å². The molecule has 2 aromatic rings. The van der Waals surface area contributed by atoms with Crippen molar-refractivity contribution in [2.45, 2.75) is 38.9 Å². The van der Waals surface area contributed by atoms with Crippen molar-refractivity contribution in [2.24, 2.45) is 5.41 Å². The van der Waals surface area contributed by atoms with Crippen molar-refractivity contribution < 1.29 is 4.79 Å². The highest BCUT2D eigenvalue weighted by molar-refractivity contribution is 5.76. The van der Waals surface area contributed by atoms with Crippen LogP contribution in [0.1, 0.15) is 30.9 Å². The molecule has 2 aliphatic heterocycles. The number of amides is 1. The molecule has 0 bridgehead atoms. The highest BCUT2D eigenvalue weighted by Gasteiger charge is 2.40. The van der Waals surface area contributed by atoms with Crippen molar-refractivity contribution in [1.29, 1.82) is 0 Å². The third kappa shape index (κ3) is 4.22. The van der Waals surface area contributed by atoms with Crippen molar-refractivity contribution >= 4 is 5.91 Å². The molecule has 0 saturated carbocycles. The molecular formula is C19H29N7O. The summed E-state index contributed by atoms with van der Waals surface area (Å²) >= 11 is 0. The minimum Gasteiger partial charge on any atom is -0.348 e. The van der Waals surface area contributed by atoms with E-state index in [-0.39, 0.29) is 5.91 Å². The molecule has 0 aliphatic carbocycles. The van der Waals surface area contributed by atoms with E-state index in [2.05, 4.69) is 30.1 Å². The lowest BCUT2D eigenvalue weighted by molar-refractivity contribution is -0.131. The van der Waals surface area contributed by atoms with Gasteiger partial charge in [-0.1, -0.05) is 0 Å². The third-order valence-electron chi connectivity index (χ3n) is 5.95. The second-order valence-electron chi connectivity index (χ2n) is 7.99. The van der Waals surface area contributed by atoms with Gasteiger partial charge in [-0.2, -0.15) is 0 Å². The number of piperidine rings is 1. The number of imidazole rings is 2. The Hall–Kier alpha value is -2.19. The van der Waals surface area contributed by atoms with Gasteiger partial charge < -0.3 is 19.8 Å². The molecule has 8 nitrogen and oxygen atoms in total. The zero-order valence-electron chi connectivity index (χ0n) is 16.0. The maximum atomic E-state index is 12.9. The first-order chi connectivity index (χ1) is 13.1. The maximum absolute atomic E-state index is 12.9. The normalized spacial score (nSPS) is 19.3. The van der Waals surface area contributed by atoms with E-state index in [1.807, 2.05) is 24.0 Å². The van der Waals surface area contributed by atoms with Gasteiger partial charge in [0.05, 0.1) is 13.1 Å². The standard InChI is InChI=1S/C19H29N7O/c1-24(12-16-21-7-8-22-16)13-17-23-9-11-25(17)14-18(27)26-10-4-19(15-26)2-5-20-6-3-19/h7-9,11,20H,2-6,10,12-15H2,1H3,(H,21,22). The highest BCUT2D eigenvalue weighted by Crippen LogP contribution is 2.38. The predicted molar refractivity (Wildman–Crippen MR) is 102 cm³/mol. The Labute approximate surface area is 160 Å². The van der Waals surface area contributed by atoms with Gasteiger partial charge in [-0.3, -0.25) is 9.69 Å². The molecule has 8 heteroatoms. The van der Waals surface area contributed by atoms with Crippen LogP contribution >= 0.6 is 0 Å². The Kier molecular flexibility index (Phi) is 5.27. The van der Waals surface area contributed by atoms with E-state index in [4.69, 9.17) is 0 Å². The molecule has 1 spiro atoms. The molecule has 2 saturated heterocycles. The van der Waals surface area contributed by atoms with Gasteiger partial charge in [-0.15, -0.1) is 0 Å². The number of nitrogens with one attached hydrogen (secondary N) is 2. The van der Waals surface area contributed by atoms with E-state index in [0.29, 0.717) is 18.5 Å². The van der Waals surface area contributed by atoms with Crippen LogP contribution in [0.3, 0.4) is 0 Å². The average molecular weight is 371 g/mol. The van der Waals surface area contributed by atoms with Gasteiger partial charge in [0.15, 0.2) is 0 Å². The molecule has 0 unspecified atom stereocenters. The van der Waals surface area contributed by atoms with E-state index in [1.54, 1.807) is 12.4 Å². The number of carbonyl (C=O) groups excluding carboxylic acids is 1. The Morgan fingerprint density at radius 2 is 2.07 bits per heavy atom. The van der Waals surface area contributed by atoms with Gasteiger partial charge >= 0.3 is 0 Å². The van der Waals surface area contributed by atoms with Crippen LogP contribution in [0.4, 0.5) is 0 Å². The molecule has 0 aromatic carbocycles. The first-order valence-corrected chi connectivity index (χ1v) is 9.79. The lowest BCUT2D eigenvalue weighted by atomic mass is 9.78. The number of hydrogen-bond donors (Lipinski definition) is 2. The quantitative estimate of drug-likeness (QED) is 0.786. The van der Waals surface area contributed by atoms with Gasteiger partial charge in [-0.05, 0) is 44.8 Å². The Balaban J connectivity index is 1.33. The topological polar surface area (TPSA) is 82.1 Å². The second-order valence-corrected chi connectivity index (χ2v) is 7.99. The van der Waals surface area contributed by atoms with E-state index in [9.17, 15) is 4.79 Å². The van der Waals surface area contributed by atoms with E-state index in [1.165, 1.54) is 12.8 Å². The summed E-state index contributed by atoms with van der Waals surface area (Å²) in [6, 6.07) is 0. The van der Waals surface area contributed by atoms with Crippen molar-refractivity contribution in [1.82, 2.24) is 34.6 Å². The van der Waals surface area contributed by atoms with Crippen LogP contribution in [0.15, 0.2) is 24.8 Å². The number of nitrogens with zero attached hydrogens (tertiary/aromatic N) is 5. The van der Waals surface area contributed by atoms with Gasteiger partial charge in [0.25, 0.3) is 0 Å². The number of hydrogen-bond acceptors (Lipinski definition) is 5. The summed E-state index contributed by atoms with van der Waals surface area (Å²) in [5.74, 6) is 2.04. The fraction of sp³-hybridized carbons (Fsp3) is 0.632. The fourth-order valence-electron chi connectivity index (χ4n) is 4.33. The molecule has 27 heavy (non-hydrogen) atoms. The van der Waals surface area contributed by atoms with Gasteiger partial charge in [-0.25, -0.2) is 9.97 Å². The molecule has 4 heterocycles. The van der Waals surface area contributed by atoms with Gasteiger partial charge in [0, 0.05) is 37.9 Å². The number of aromatic nitrogens is 4. The summed E-state index contributed by atoms with van der Waals surface area (Å²) in [7, 11) is 2.03. The molecular weight excluding hydrogens is 342 g/mol. The van der Waals surface area contributed by atoms with Crippen molar-refractivity contribution in [2.75, 3.05) is 33.2 Å². The predicted octanol–water partition coefficient (Wildman–Crippen LogP) is 0.840. The number of aromatic amines is 1. The first kappa shape index (κ1) is 18.2. The van der Waals surface area contributed by atoms with Crippen LogP contribution < -0.4 is 5.32 Å². The van der Waals surface area contributed by atoms with Crippen LogP contribution in [0.5, 0.6) is 0 Å². The zero-order chi connectivity index (χ0) is 18.7. The van der Waals surface area contributed by atoms with E-state index < -0.39 is 0 Å². The Bertz CT molecular complexity index is 748. The number of likely N-dealkylation sites (tertiary alicyclic amines) is 1. The number of H-pyrrole nitrogens is 1. The molecule has 0 atom stereocenters. The number of rotatable bonds is 6. The van der Waals surface area contributed by atoms with Crippen LogP contribution in [-0.4, -0.2) is 68.5 Å². The second kappa shape index (κ2) is 7.82. The molecule has 0 radical (unpaired) electrons. The van der Waals surface area contributed by atoms with E-state index in [0.717, 1.165) is 50.8 Å². The zero-order valence-corrected chi connectivity index (χ0v) is 16.0. The summed E-state index contributed by atoms with van der Waals surface area (Å²) in [6.45, 7) is 5.73. The van der Waals surface area contributed by atoms with Crippen molar-refractivity contribution in [3.63, 3.8) is 0 Å². The third-order valence-corrected chi connectivity index (χ3v) is 5.95. The molecule has 2 aliphatic rings. The van der Waals surface area contributed by atoms with Crippen LogP contribution in [0, 0.1) is 5.41 Å². The fourth-order valence-corrected chi connectivity index (χ4v) is 4.33. The molecule has 2 fully saturated rings. The van der Waals surface area contributed by atoms with Crippen molar-refractivity contribution in [3.8, 4) is 0 Å². The average Bonchev–Trinajstić information content (AvgIpc) is 3.39. The first-order valence-electron chi connectivity index (χ1n) is 9.79. The van der Waals surface area contributed by atoms with Gasteiger partial charge in [0.2, 0.25) is 5.91 Å². The minimum absolute atomic E-state index is 0.207. The molecule has 1 amide bonds. The lowest BCUT2D eigenvalue weighted by Crippen LogP contribution is -2.40. The number of carbonyl (C=O) groups is 1. The largest absolute Gasteiger partial charge is 0.348 e. The van der Waals surface area contributed by atoms with Crippen LogP contribution in [0.25, 0.3) is 0 Å². The molecule has 2 N–H and O–H groups in total. The monoisotopic (exact) mass is 371 g/mol. The lowest BCUT2D eigenvalue weighted by Gasteiger charge is -2.33. The summed E-state index contributed by atoms with van der Waals surface area (Å²) < 4.78 is 1.98. The summed E-state index contributed by atoms with van der Waals surface area (Å²) in [4.78, 5) is 28.9. The van der Waals surface area contributed by atoms with E-state index >= 15 is 0 Å². The Morgan fingerprint density at radius 3 is 2.85 bits per heavy atom. The highest BCUT2D eigenvalue weighted by atomic mass is 16.2. The smallest absolute Gasteiger partial charge is 0.242 e. The van der Waals surface area contributed by atoms with Crippen LogP contribution in [0.2, 0.25) is 0 Å². The summed E-state index contributed by atoms with van der Waals surface area (Å²) in [6.07, 6.45) is 10.8. The van der Waals surface area contributed by atoms with Crippen molar-refractivity contribution in [3.05, 3.63) is 36.4 Å². The molecule has 2 aromatic heterocycles. The molecule has 4 rings (SSSR count).